The topological polar surface area (TPSA) is 66.4 Å². The molecule has 0 aliphatic heterocycles. The van der Waals surface area contributed by atoms with Gasteiger partial charge in [-0.15, -0.1) is 0 Å². The Hall–Kier alpha value is -0.710. The van der Waals surface area contributed by atoms with Crippen LogP contribution in [0.5, 0.6) is 0 Å². The number of carbonyl (C=O) groups is 2. The van der Waals surface area contributed by atoms with E-state index in [0.29, 0.717) is 18.2 Å². The molecule has 1 amide bonds. The zero-order valence-corrected chi connectivity index (χ0v) is 10.9. The van der Waals surface area contributed by atoms with Gasteiger partial charge in [0.25, 0.3) is 0 Å². The molecule has 1 saturated carbocycles. The Morgan fingerprint density at radius 1 is 1.24 bits per heavy atom. The molecule has 2 N–H and O–H groups in total. The Bertz CT molecular complexity index is 252. The Kier molecular flexibility index (Phi) is 7.08. The van der Waals surface area contributed by atoms with Gasteiger partial charge in [0, 0.05) is 12.5 Å². The Labute approximate surface area is 107 Å². The van der Waals surface area contributed by atoms with Gasteiger partial charge in [-0.05, 0) is 31.4 Å². The van der Waals surface area contributed by atoms with E-state index in [4.69, 9.17) is 5.11 Å². The van der Waals surface area contributed by atoms with Crippen molar-refractivity contribution in [1.29, 1.82) is 0 Å². The van der Waals surface area contributed by atoms with Gasteiger partial charge in [-0.1, -0.05) is 12.8 Å². The maximum absolute atomic E-state index is 11.5. The van der Waals surface area contributed by atoms with Crippen molar-refractivity contribution < 1.29 is 14.7 Å². The van der Waals surface area contributed by atoms with Gasteiger partial charge in [-0.3, -0.25) is 9.59 Å². The van der Waals surface area contributed by atoms with Crippen LogP contribution < -0.4 is 5.32 Å². The summed E-state index contributed by atoms with van der Waals surface area (Å²) in [5.74, 6) is 0.753. The van der Waals surface area contributed by atoms with E-state index in [1.54, 1.807) is 11.8 Å². The predicted molar refractivity (Wildman–Crippen MR) is 69.2 cm³/mol. The predicted octanol–water partition coefficient (Wildman–Crippen LogP) is 2.03. The lowest BCUT2D eigenvalue weighted by Gasteiger charge is -2.11. The fourth-order valence-electron chi connectivity index (χ4n) is 1.98. The normalized spacial score (nSPS) is 16.0. The molecule has 1 rings (SSSR count). The second kappa shape index (κ2) is 8.39. The molecular weight excluding hydrogens is 238 g/mol. The lowest BCUT2D eigenvalue weighted by atomic mass is 10.2. The molecule has 0 radical (unpaired) electrons. The van der Waals surface area contributed by atoms with Crippen LogP contribution in [-0.4, -0.2) is 34.5 Å². The van der Waals surface area contributed by atoms with Crippen LogP contribution in [0, 0.1) is 0 Å². The number of hydrogen-bond acceptors (Lipinski definition) is 3. The van der Waals surface area contributed by atoms with Crippen molar-refractivity contribution in [2.45, 2.75) is 51.0 Å². The van der Waals surface area contributed by atoms with Gasteiger partial charge in [0.05, 0.1) is 5.75 Å². The number of carbonyl (C=O) groups excluding carboxylic acids is 1. The van der Waals surface area contributed by atoms with E-state index in [1.165, 1.54) is 12.8 Å². The largest absolute Gasteiger partial charge is 0.481 e. The van der Waals surface area contributed by atoms with Crippen LogP contribution >= 0.6 is 11.8 Å². The van der Waals surface area contributed by atoms with Crippen molar-refractivity contribution in [3.63, 3.8) is 0 Å². The minimum atomic E-state index is -0.742. The second-order valence-electron chi connectivity index (χ2n) is 4.45. The van der Waals surface area contributed by atoms with E-state index in [9.17, 15) is 9.59 Å². The summed E-state index contributed by atoms with van der Waals surface area (Å²) >= 11 is 1.59. The highest BCUT2D eigenvalue weighted by molar-refractivity contribution is 7.99. The SMILES string of the molecule is O=C(O)CCCCSCC(=O)NC1CCCC1. The number of carboxylic acids is 1. The van der Waals surface area contributed by atoms with E-state index in [2.05, 4.69) is 5.32 Å². The van der Waals surface area contributed by atoms with Gasteiger partial charge in [0.15, 0.2) is 0 Å². The number of unbranched alkanes of at least 4 members (excludes halogenated alkanes) is 1. The van der Waals surface area contributed by atoms with Gasteiger partial charge in [0.2, 0.25) is 5.91 Å². The van der Waals surface area contributed by atoms with Crippen molar-refractivity contribution in [2.75, 3.05) is 11.5 Å². The molecule has 0 bridgehead atoms. The molecule has 98 valence electrons. The molecule has 0 spiro atoms. The van der Waals surface area contributed by atoms with Crippen molar-refractivity contribution in [3.05, 3.63) is 0 Å². The highest BCUT2D eigenvalue weighted by Crippen LogP contribution is 2.17. The second-order valence-corrected chi connectivity index (χ2v) is 5.56. The fraction of sp³-hybridized carbons (Fsp3) is 0.833. The molecule has 0 aromatic heterocycles. The van der Waals surface area contributed by atoms with Gasteiger partial charge < -0.3 is 10.4 Å². The first-order valence-electron chi connectivity index (χ1n) is 6.27. The minimum Gasteiger partial charge on any atom is -0.481 e. The molecule has 5 heteroatoms. The summed E-state index contributed by atoms with van der Waals surface area (Å²) in [5, 5.41) is 11.5. The maximum atomic E-state index is 11.5. The molecule has 0 heterocycles. The molecule has 4 nitrogen and oxygen atoms in total. The smallest absolute Gasteiger partial charge is 0.303 e. The lowest BCUT2D eigenvalue weighted by molar-refractivity contribution is -0.137. The summed E-state index contributed by atoms with van der Waals surface area (Å²) in [6.07, 6.45) is 6.50. The third-order valence-corrected chi connectivity index (χ3v) is 3.93. The third kappa shape index (κ3) is 7.26. The Morgan fingerprint density at radius 3 is 2.59 bits per heavy atom. The summed E-state index contributed by atoms with van der Waals surface area (Å²) in [5.41, 5.74) is 0. The van der Waals surface area contributed by atoms with Crippen molar-refractivity contribution in [1.82, 2.24) is 5.32 Å². The zero-order valence-electron chi connectivity index (χ0n) is 10.1. The summed E-state index contributed by atoms with van der Waals surface area (Å²) in [4.78, 5) is 21.8. The van der Waals surface area contributed by atoms with Crippen molar-refractivity contribution in [3.8, 4) is 0 Å². The summed E-state index contributed by atoms with van der Waals surface area (Å²) < 4.78 is 0. The molecule has 0 unspecified atom stereocenters. The quantitative estimate of drug-likeness (QED) is 0.655. The summed E-state index contributed by atoms with van der Waals surface area (Å²) in [6.45, 7) is 0. The fourth-order valence-corrected chi connectivity index (χ4v) is 2.81. The molecule has 0 saturated heterocycles. The average molecular weight is 259 g/mol. The van der Waals surface area contributed by atoms with Gasteiger partial charge in [-0.25, -0.2) is 0 Å². The molecule has 1 fully saturated rings. The summed E-state index contributed by atoms with van der Waals surface area (Å²) in [7, 11) is 0. The van der Waals surface area contributed by atoms with Crippen LogP contribution in [0.1, 0.15) is 44.9 Å². The minimum absolute atomic E-state index is 0.125. The van der Waals surface area contributed by atoms with Gasteiger partial charge in [0.1, 0.15) is 0 Å². The number of thioether (sulfide) groups is 1. The summed E-state index contributed by atoms with van der Waals surface area (Å²) in [6, 6.07) is 0.398. The Balaban J connectivity index is 1.91. The molecule has 0 atom stereocenters. The highest BCUT2D eigenvalue weighted by Gasteiger charge is 2.16. The monoisotopic (exact) mass is 259 g/mol. The number of nitrogens with one attached hydrogen (secondary N) is 1. The maximum Gasteiger partial charge on any atom is 0.303 e. The van der Waals surface area contributed by atoms with Crippen LogP contribution in [0.25, 0.3) is 0 Å². The van der Waals surface area contributed by atoms with Crippen molar-refractivity contribution in [2.24, 2.45) is 0 Å². The van der Waals surface area contributed by atoms with E-state index in [1.807, 2.05) is 0 Å². The molecule has 0 aromatic rings. The molecule has 0 aromatic carbocycles. The number of rotatable bonds is 8. The highest BCUT2D eigenvalue weighted by atomic mass is 32.2. The first kappa shape index (κ1) is 14.4. The number of carboxylic acid groups (broad SMARTS) is 1. The molecule has 17 heavy (non-hydrogen) atoms. The van der Waals surface area contributed by atoms with E-state index < -0.39 is 5.97 Å². The standard InChI is InChI=1S/C12H21NO3S/c14-11(13-10-5-1-2-6-10)9-17-8-4-3-7-12(15)16/h10H,1-9H2,(H,13,14)(H,15,16). The number of amides is 1. The van der Waals surface area contributed by atoms with Crippen LogP contribution in [0.2, 0.25) is 0 Å². The van der Waals surface area contributed by atoms with E-state index in [-0.39, 0.29) is 12.3 Å². The van der Waals surface area contributed by atoms with Crippen LogP contribution in [0.15, 0.2) is 0 Å². The van der Waals surface area contributed by atoms with Gasteiger partial charge in [-0.2, -0.15) is 11.8 Å². The van der Waals surface area contributed by atoms with E-state index >= 15 is 0 Å². The van der Waals surface area contributed by atoms with Gasteiger partial charge >= 0.3 is 5.97 Å². The Morgan fingerprint density at radius 2 is 1.94 bits per heavy atom. The molecular formula is C12H21NO3S. The van der Waals surface area contributed by atoms with E-state index in [0.717, 1.165) is 25.0 Å². The molecule has 1 aliphatic carbocycles. The third-order valence-electron chi connectivity index (χ3n) is 2.88. The number of hydrogen-bond donors (Lipinski definition) is 2. The van der Waals surface area contributed by atoms with Crippen LogP contribution in [-0.2, 0) is 9.59 Å². The van der Waals surface area contributed by atoms with Crippen molar-refractivity contribution >= 4 is 23.6 Å². The van der Waals surface area contributed by atoms with Crippen LogP contribution in [0.4, 0.5) is 0 Å². The van der Waals surface area contributed by atoms with Crippen LogP contribution in [0.3, 0.4) is 0 Å². The zero-order chi connectivity index (χ0) is 12.5. The first-order valence-corrected chi connectivity index (χ1v) is 7.43. The average Bonchev–Trinajstić information content (AvgIpc) is 2.75. The molecule has 1 aliphatic rings. The number of aliphatic carboxylic acids is 1. The lowest BCUT2D eigenvalue weighted by Crippen LogP contribution is -2.33. The first-order chi connectivity index (χ1) is 8.18.